The van der Waals surface area contributed by atoms with Crippen LogP contribution in [0.2, 0.25) is 0 Å². The Morgan fingerprint density at radius 1 is 1.53 bits per heavy atom. The summed E-state index contributed by atoms with van der Waals surface area (Å²) in [6.45, 7) is 1.37. The predicted octanol–water partition coefficient (Wildman–Crippen LogP) is 2.06. The molecule has 1 unspecified atom stereocenters. The largest absolute Gasteiger partial charge is 0.312 e. The van der Waals surface area contributed by atoms with Gasteiger partial charge in [0.05, 0.1) is 4.47 Å². The molecule has 0 aliphatic rings. The lowest BCUT2D eigenvalue weighted by atomic mass is 10.2. The minimum Gasteiger partial charge on any atom is -0.312 e. The van der Waals surface area contributed by atoms with E-state index in [1.165, 1.54) is 6.07 Å². The molecule has 5 heteroatoms. The highest BCUT2D eigenvalue weighted by atomic mass is 79.9. The van der Waals surface area contributed by atoms with Gasteiger partial charge in [0, 0.05) is 35.9 Å². The molecule has 0 saturated carbocycles. The molecule has 0 fully saturated rings. The summed E-state index contributed by atoms with van der Waals surface area (Å²) in [5.41, 5.74) is 1.00. The van der Waals surface area contributed by atoms with Crippen LogP contribution in [0.1, 0.15) is 5.56 Å². The van der Waals surface area contributed by atoms with Gasteiger partial charge in [-0.25, -0.2) is 4.39 Å². The van der Waals surface area contributed by atoms with Gasteiger partial charge in [0.1, 0.15) is 5.82 Å². The molecule has 1 aromatic carbocycles. The maximum absolute atomic E-state index is 12.9. The van der Waals surface area contributed by atoms with Gasteiger partial charge in [0.2, 0.25) is 0 Å². The highest BCUT2D eigenvalue weighted by molar-refractivity contribution is 9.10. The number of halogens is 2. The van der Waals surface area contributed by atoms with E-state index < -0.39 is 10.8 Å². The molecule has 1 N–H and O–H groups in total. The Kier molecular flexibility index (Phi) is 5.42. The van der Waals surface area contributed by atoms with Crippen molar-refractivity contribution in [1.29, 1.82) is 0 Å². The summed E-state index contributed by atoms with van der Waals surface area (Å²) in [7, 11) is -0.763. The van der Waals surface area contributed by atoms with Gasteiger partial charge in [-0.1, -0.05) is 6.07 Å². The van der Waals surface area contributed by atoms with Crippen LogP contribution in [0.4, 0.5) is 4.39 Å². The van der Waals surface area contributed by atoms with Gasteiger partial charge in [-0.3, -0.25) is 4.21 Å². The molecule has 0 bridgehead atoms. The molecule has 0 amide bonds. The summed E-state index contributed by atoms with van der Waals surface area (Å²) >= 11 is 3.13. The topological polar surface area (TPSA) is 29.1 Å². The molecule has 84 valence electrons. The van der Waals surface area contributed by atoms with Gasteiger partial charge < -0.3 is 5.32 Å². The van der Waals surface area contributed by atoms with Crippen molar-refractivity contribution in [2.45, 2.75) is 6.54 Å². The Morgan fingerprint density at radius 2 is 2.27 bits per heavy atom. The van der Waals surface area contributed by atoms with Crippen LogP contribution in [0.5, 0.6) is 0 Å². The molecule has 0 radical (unpaired) electrons. The van der Waals surface area contributed by atoms with Crippen molar-refractivity contribution in [2.24, 2.45) is 0 Å². The van der Waals surface area contributed by atoms with E-state index in [1.807, 2.05) is 0 Å². The van der Waals surface area contributed by atoms with E-state index in [0.717, 1.165) is 5.56 Å². The molecule has 0 aliphatic heterocycles. The minimum atomic E-state index is -0.763. The van der Waals surface area contributed by atoms with Crippen LogP contribution in [0, 0.1) is 5.82 Å². The molecular formula is C10H13BrFNOS. The molecule has 0 saturated heterocycles. The van der Waals surface area contributed by atoms with E-state index >= 15 is 0 Å². The van der Waals surface area contributed by atoms with Gasteiger partial charge in [-0.2, -0.15) is 0 Å². The summed E-state index contributed by atoms with van der Waals surface area (Å²) in [6.07, 6.45) is 1.68. The number of rotatable bonds is 5. The first-order chi connectivity index (χ1) is 7.09. The second-order valence-electron chi connectivity index (χ2n) is 3.20. The van der Waals surface area contributed by atoms with Crippen molar-refractivity contribution in [2.75, 3.05) is 18.6 Å². The normalized spacial score (nSPS) is 12.7. The van der Waals surface area contributed by atoms with Gasteiger partial charge in [0.25, 0.3) is 0 Å². The fourth-order valence-electron chi connectivity index (χ4n) is 1.10. The van der Waals surface area contributed by atoms with Gasteiger partial charge in [0.15, 0.2) is 0 Å². The van der Waals surface area contributed by atoms with Crippen LogP contribution in [-0.4, -0.2) is 22.8 Å². The Bertz CT molecular complexity index is 359. The van der Waals surface area contributed by atoms with Gasteiger partial charge >= 0.3 is 0 Å². The molecule has 0 aliphatic carbocycles. The first-order valence-electron chi connectivity index (χ1n) is 4.54. The summed E-state index contributed by atoms with van der Waals surface area (Å²) < 4.78 is 24.1. The fraction of sp³-hybridized carbons (Fsp3) is 0.400. The van der Waals surface area contributed by atoms with E-state index in [4.69, 9.17) is 0 Å². The minimum absolute atomic E-state index is 0.256. The standard InChI is InChI=1S/C10H13BrFNOS/c1-15(14)5-4-13-7-8-2-3-10(12)9(11)6-8/h2-3,6,13H,4-5,7H2,1H3. The highest BCUT2D eigenvalue weighted by Gasteiger charge is 2.00. The van der Waals surface area contributed by atoms with Crippen molar-refractivity contribution in [1.82, 2.24) is 5.32 Å². The first-order valence-corrected chi connectivity index (χ1v) is 7.06. The summed E-state index contributed by atoms with van der Waals surface area (Å²) in [6, 6.07) is 4.90. The number of hydrogen-bond acceptors (Lipinski definition) is 2. The predicted molar refractivity (Wildman–Crippen MR) is 64.7 cm³/mol. The average Bonchev–Trinajstić information content (AvgIpc) is 2.18. The van der Waals surface area contributed by atoms with Crippen molar-refractivity contribution in [3.05, 3.63) is 34.1 Å². The lowest BCUT2D eigenvalue weighted by Crippen LogP contribution is -2.19. The number of benzene rings is 1. The SMILES string of the molecule is CS(=O)CCNCc1ccc(F)c(Br)c1. The van der Waals surface area contributed by atoms with Crippen molar-refractivity contribution in [3.63, 3.8) is 0 Å². The van der Waals surface area contributed by atoms with Crippen molar-refractivity contribution < 1.29 is 8.60 Å². The Balaban J connectivity index is 2.38. The molecular weight excluding hydrogens is 281 g/mol. The molecule has 1 rings (SSSR count). The third-order valence-electron chi connectivity index (χ3n) is 1.88. The summed E-state index contributed by atoms with van der Waals surface area (Å²) in [5, 5.41) is 3.14. The molecule has 1 atom stereocenters. The van der Waals surface area contributed by atoms with Gasteiger partial charge in [-0.15, -0.1) is 0 Å². The number of nitrogens with one attached hydrogen (secondary N) is 1. The zero-order valence-electron chi connectivity index (χ0n) is 8.43. The zero-order chi connectivity index (χ0) is 11.3. The molecule has 1 aromatic rings. The average molecular weight is 294 g/mol. The van der Waals surface area contributed by atoms with E-state index in [0.29, 0.717) is 23.3 Å². The summed E-state index contributed by atoms with van der Waals surface area (Å²) in [5.74, 6) is 0.385. The quantitative estimate of drug-likeness (QED) is 0.842. The molecule has 0 aromatic heterocycles. The molecule has 15 heavy (non-hydrogen) atoms. The van der Waals surface area contributed by atoms with Crippen LogP contribution in [0.25, 0.3) is 0 Å². The van der Waals surface area contributed by atoms with Crippen LogP contribution in [-0.2, 0) is 17.3 Å². The maximum atomic E-state index is 12.9. The first kappa shape index (κ1) is 12.8. The summed E-state index contributed by atoms with van der Waals surface area (Å²) in [4.78, 5) is 0. The van der Waals surface area contributed by atoms with E-state index in [-0.39, 0.29) is 5.82 Å². The third kappa shape index (κ3) is 4.86. The second-order valence-corrected chi connectivity index (χ2v) is 5.61. The Hall–Kier alpha value is -0.260. The van der Waals surface area contributed by atoms with Crippen LogP contribution in [0.3, 0.4) is 0 Å². The lowest BCUT2D eigenvalue weighted by Gasteiger charge is -2.04. The fourth-order valence-corrected chi connectivity index (χ4v) is 1.96. The number of hydrogen-bond donors (Lipinski definition) is 1. The highest BCUT2D eigenvalue weighted by Crippen LogP contribution is 2.16. The van der Waals surface area contributed by atoms with E-state index in [1.54, 1.807) is 18.4 Å². The zero-order valence-corrected chi connectivity index (χ0v) is 10.8. The molecule has 2 nitrogen and oxygen atoms in total. The monoisotopic (exact) mass is 293 g/mol. The maximum Gasteiger partial charge on any atom is 0.137 e. The Morgan fingerprint density at radius 3 is 2.87 bits per heavy atom. The lowest BCUT2D eigenvalue weighted by molar-refractivity contribution is 0.619. The van der Waals surface area contributed by atoms with Crippen LogP contribution in [0.15, 0.2) is 22.7 Å². The van der Waals surface area contributed by atoms with Gasteiger partial charge in [-0.05, 0) is 33.6 Å². The molecule has 0 heterocycles. The van der Waals surface area contributed by atoms with Crippen molar-refractivity contribution >= 4 is 26.7 Å². The third-order valence-corrected chi connectivity index (χ3v) is 3.27. The smallest absolute Gasteiger partial charge is 0.137 e. The Labute approximate surface area is 99.8 Å². The van der Waals surface area contributed by atoms with Crippen molar-refractivity contribution in [3.8, 4) is 0 Å². The van der Waals surface area contributed by atoms with Crippen LogP contribution < -0.4 is 5.32 Å². The van der Waals surface area contributed by atoms with E-state index in [2.05, 4.69) is 21.2 Å². The second kappa shape index (κ2) is 6.35. The van der Waals surface area contributed by atoms with E-state index in [9.17, 15) is 8.60 Å². The van der Waals surface area contributed by atoms with Crippen LogP contribution >= 0.6 is 15.9 Å². The molecule has 0 spiro atoms.